The highest BCUT2D eigenvalue weighted by atomic mass is 35.5. The van der Waals surface area contributed by atoms with Crippen LogP contribution in [0.25, 0.3) is 0 Å². The molecule has 0 atom stereocenters. The van der Waals surface area contributed by atoms with E-state index in [-0.39, 0.29) is 24.7 Å². The molecule has 1 N–H and O–H groups in total. The Morgan fingerprint density at radius 3 is 2.22 bits per heavy atom. The number of carbonyl (C=O) groups is 1. The van der Waals surface area contributed by atoms with E-state index < -0.39 is 5.97 Å². The predicted molar refractivity (Wildman–Crippen MR) is 35.4 cm³/mol. The van der Waals surface area contributed by atoms with E-state index in [9.17, 15) is 4.79 Å². The maximum atomic E-state index is 10.2. The summed E-state index contributed by atoms with van der Waals surface area (Å²) in [7, 11) is 0. The summed E-state index contributed by atoms with van der Waals surface area (Å²) in [5.74, 6) is -0.324. The summed E-state index contributed by atoms with van der Waals surface area (Å²) in [5, 5.41) is 7.73. The molecule has 0 rings (SSSR count). The van der Waals surface area contributed by atoms with Crippen LogP contribution in [0.15, 0.2) is 0 Å². The molecule has 0 aliphatic rings. The third-order valence-electron chi connectivity index (χ3n) is 0.677. The summed E-state index contributed by atoms with van der Waals surface area (Å²) in [6.45, 7) is 3.74. The first-order valence-corrected chi connectivity index (χ1v) is 2.51. The van der Waals surface area contributed by atoms with E-state index in [0.717, 1.165) is 0 Å². The summed E-state index contributed by atoms with van der Waals surface area (Å²) in [4.78, 5) is 13.6. The van der Waals surface area contributed by atoms with Gasteiger partial charge in [-0.3, -0.25) is 0 Å². The van der Waals surface area contributed by atoms with Crippen LogP contribution >= 0.6 is 12.4 Å². The molecule has 0 unspecified atom stereocenters. The summed E-state index contributed by atoms with van der Waals surface area (Å²) in [5.41, 5.74) is 0. The third-order valence-corrected chi connectivity index (χ3v) is 0.677. The van der Waals surface area contributed by atoms with Crippen molar-refractivity contribution in [3.05, 3.63) is 0 Å². The summed E-state index contributed by atoms with van der Waals surface area (Å²) < 4.78 is 0. The molecule has 0 aromatic carbocycles. The molecule has 0 amide bonds. The molecule has 0 aliphatic carbocycles. The van der Waals surface area contributed by atoms with Crippen LogP contribution in [0.5, 0.6) is 0 Å². The molecule has 0 fully saturated rings. The first kappa shape index (κ1) is 11.5. The normalized spacial score (nSPS) is 8.44. The number of rotatable bonds is 2. The molecule has 0 aromatic rings. The van der Waals surface area contributed by atoms with Gasteiger partial charge in [-0.1, -0.05) is 13.8 Å². The van der Waals surface area contributed by atoms with E-state index in [2.05, 4.69) is 4.89 Å². The second kappa shape index (κ2) is 5.85. The maximum absolute atomic E-state index is 10.2. The Morgan fingerprint density at radius 2 is 2.11 bits per heavy atom. The molecule has 0 saturated heterocycles. The fourth-order valence-corrected chi connectivity index (χ4v) is 0.371. The molecule has 0 heterocycles. The van der Waals surface area contributed by atoms with Crippen LogP contribution in [0.2, 0.25) is 0 Å². The molecule has 4 heteroatoms. The summed E-state index contributed by atoms with van der Waals surface area (Å²) in [6.07, 6.45) is 0.274. The zero-order chi connectivity index (χ0) is 6.57. The molecular formula is C5H11ClO3. The highest BCUT2D eigenvalue weighted by Gasteiger charge is 2.03. The van der Waals surface area contributed by atoms with Gasteiger partial charge in [0.25, 0.3) is 0 Å². The predicted octanol–water partition coefficient (Wildman–Crippen LogP) is 1.47. The Kier molecular flexibility index (Phi) is 7.48. The Morgan fingerprint density at radius 1 is 1.67 bits per heavy atom. The smallest absolute Gasteiger partial charge is 0.301 e. The van der Waals surface area contributed by atoms with Crippen molar-refractivity contribution in [2.45, 2.75) is 20.3 Å². The number of halogens is 1. The second-order valence-electron chi connectivity index (χ2n) is 2.06. The van der Waals surface area contributed by atoms with Gasteiger partial charge in [0.15, 0.2) is 0 Å². The van der Waals surface area contributed by atoms with Crippen molar-refractivity contribution in [3.63, 3.8) is 0 Å². The van der Waals surface area contributed by atoms with E-state index in [1.807, 2.05) is 13.8 Å². The largest absolute Gasteiger partial charge is 0.342 e. The number of hydrogen-bond donors (Lipinski definition) is 1. The third kappa shape index (κ3) is 7.72. The topological polar surface area (TPSA) is 46.5 Å². The van der Waals surface area contributed by atoms with E-state index in [4.69, 9.17) is 5.26 Å². The summed E-state index contributed by atoms with van der Waals surface area (Å²) >= 11 is 0. The van der Waals surface area contributed by atoms with Gasteiger partial charge < -0.3 is 4.89 Å². The van der Waals surface area contributed by atoms with Crippen molar-refractivity contribution in [1.82, 2.24) is 0 Å². The van der Waals surface area contributed by atoms with Gasteiger partial charge in [0, 0.05) is 0 Å². The lowest BCUT2D eigenvalue weighted by Crippen LogP contribution is -2.04. The minimum Gasteiger partial charge on any atom is -0.301 e. The van der Waals surface area contributed by atoms with Crippen LogP contribution in [0.3, 0.4) is 0 Å². The molecule has 0 aromatic heterocycles. The van der Waals surface area contributed by atoms with Crippen LogP contribution in [0.4, 0.5) is 0 Å². The second-order valence-corrected chi connectivity index (χ2v) is 2.06. The van der Waals surface area contributed by atoms with Crippen molar-refractivity contribution in [2.24, 2.45) is 5.92 Å². The highest BCUT2D eigenvalue weighted by Crippen LogP contribution is 1.98. The van der Waals surface area contributed by atoms with Crippen LogP contribution in [-0.2, 0) is 9.68 Å². The lowest BCUT2D eigenvalue weighted by molar-refractivity contribution is -0.235. The molecular weight excluding hydrogens is 144 g/mol. The van der Waals surface area contributed by atoms with E-state index >= 15 is 0 Å². The SMILES string of the molecule is CC(C)CC(=O)OO.Cl. The molecule has 56 valence electrons. The van der Waals surface area contributed by atoms with E-state index in [0.29, 0.717) is 0 Å². The van der Waals surface area contributed by atoms with Crippen LogP contribution in [0, 0.1) is 5.92 Å². The van der Waals surface area contributed by atoms with Gasteiger partial charge in [0.2, 0.25) is 0 Å². The van der Waals surface area contributed by atoms with Gasteiger partial charge in [0.1, 0.15) is 0 Å². The molecule has 0 radical (unpaired) electrons. The molecule has 0 aliphatic heterocycles. The van der Waals surface area contributed by atoms with Crippen LogP contribution < -0.4 is 0 Å². The van der Waals surface area contributed by atoms with Gasteiger partial charge in [-0.05, 0) is 5.92 Å². The lowest BCUT2D eigenvalue weighted by Gasteiger charge is -1.97. The van der Waals surface area contributed by atoms with Crippen molar-refractivity contribution in [1.29, 1.82) is 0 Å². The quantitative estimate of drug-likeness (QED) is 0.484. The Balaban J connectivity index is 0. The van der Waals surface area contributed by atoms with Gasteiger partial charge in [-0.25, -0.2) is 4.79 Å². The molecule has 0 bridgehead atoms. The number of carbonyl (C=O) groups excluding carboxylic acids is 1. The minimum atomic E-state index is -0.569. The minimum absolute atomic E-state index is 0. The van der Waals surface area contributed by atoms with Gasteiger partial charge in [0.05, 0.1) is 6.42 Å². The maximum Gasteiger partial charge on any atom is 0.342 e. The molecule has 0 spiro atoms. The zero-order valence-electron chi connectivity index (χ0n) is 5.46. The molecule has 9 heavy (non-hydrogen) atoms. The number of hydrogen-bond acceptors (Lipinski definition) is 3. The molecule has 0 saturated carbocycles. The lowest BCUT2D eigenvalue weighted by atomic mass is 10.1. The average molecular weight is 155 g/mol. The fraction of sp³-hybridized carbons (Fsp3) is 0.800. The van der Waals surface area contributed by atoms with E-state index in [1.54, 1.807) is 0 Å². The highest BCUT2D eigenvalue weighted by molar-refractivity contribution is 5.85. The first-order chi connectivity index (χ1) is 3.66. The van der Waals surface area contributed by atoms with Crippen LogP contribution in [0.1, 0.15) is 20.3 Å². The summed E-state index contributed by atoms with van der Waals surface area (Å²) in [6, 6.07) is 0. The standard InChI is InChI=1S/C5H10O3.ClH/c1-4(2)3-5(6)8-7;/h4,7H,3H2,1-2H3;1H. The van der Waals surface area contributed by atoms with Crippen molar-refractivity contribution in [3.8, 4) is 0 Å². The van der Waals surface area contributed by atoms with Gasteiger partial charge in [-0.15, -0.1) is 12.4 Å². The Labute approximate surface area is 60.4 Å². The monoisotopic (exact) mass is 154 g/mol. The van der Waals surface area contributed by atoms with Crippen molar-refractivity contribution >= 4 is 18.4 Å². The van der Waals surface area contributed by atoms with E-state index in [1.165, 1.54) is 0 Å². The Bertz CT molecular complexity index is 82.3. The Hall–Kier alpha value is -0.280. The van der Waals surface area contributed by atoms with Gasteiger partial charge >= 0.3 is 5.97 Å². The average Bonchev–Trinajstić information content (AvgIpc) is 1.65. The van der Waals surface area contributed by atoms with Crippen LogP contribution in [-0.4, -0.2) is 11.2 Å². The fourth-order valence-electron chi connectivity index (χ4n) is 0.371. The first-order valence-electron chi connectivity index (χ1n) is 2.51. The van der Waals surface area contributed by atoms with Gasteiger partial charge in [-0.2, -0.15) is 5.26 Å². The van der Waals surface area contributed by atoms with Crippen molar-refractivity contribution < 1.29 is 14.9 Å². The molecule has 3 nitrogen and oxygen atoms in total. The zero-order valence-corrected chi connectivity index (χ0v) is 6.27. The van der Waals surface area contributed by atoms with Crippen molar-refractivity contribution in [2.75, 3.05) is 0 Å².